The van der Waals surface area contributed by atoms with E-state index in [1.807, 2.05) is 36.4 Å². The summed E-state index contributed by atoms with van der Waals surface area (Å²) in [5.74, 6) is -0.185. The van der Waals surface area contributed by atoms with Crippen molar-refractivity contribution in [3.8, 4) is 0 Å². The summed E-state index contributed by atoms with van der Waals surface area (Å²) in [5, 5.41) is 3.79. The number of amides is 1. The molecule has 3 heteroatoms. The van der Waals surface area contributed by atoms with E-state index in [4.69, 9.17) is 0 Å². The van der Waals surface area contributed by atoms with Gasteiger partial charge in [0.1, 0.15) is 0 Å². The lowest BCUT2D eigenvalue weighted by Crippen LogP contribution is -2.20. The molecule has 80 valence electrons. The van der Waals surface area contributed by atoms with Gasteiger partial charge in [-0.25, -0.2) is 0 Å². The summed E-state index contributed by atoms with van der Waals surface area (Å²) in [7, 11) is 0. The Kier molecular flexibility index (Phi) is 2.96. The number of hydrogen-bond donors (Lipinski definition) is 1. The predicted octanol–water partition coefficient (Wildman–Crippen LogP) is 2.04. The van der Waals surface area contributed by atoms with Gasteiger partial charge in [-0.2, -0.15) is 0 Å². The summed E-state index contributed by atoms with van der Waals surface area (Å²) in [5.41, 5.74) is 1.78. The number of pyridine rings is 1. The molecule has 0 spiro atoms. The van der Waals surface area contributed by atoms with Gasteiger partial charge in [-0.15, -0.1) is 0 Å². The first kappa shape index (κ1) is 10.4. The molecule has 0 fully saturated rings. The average Bonchev–Trinajstić information content (AvgIpc) is 2.35. The number of carbonyl (C=O) groups is 1. The lowest BCUT2D eigenvalue weighted by Gasteiger charge is -2.03. The van der Waals surface area contributed by atoms with Gasteiger partial charge in [0.25, 0.3) is 0 Å². The first-order valence-electron chi connectivity index (χ1n) is 5.04. The largest absolute Gasteiger partial charge is 0.347 e. The van der Waals surface area contributed by atoms with E-state index in [1.165, 1.54) is 6.08 Å². The maximum absolute atomic E-state index is 11.0. The molecule has 0 aliphatic rings. The highest BCUT2D eigenvalue weighted by Gasteiger charge is 1.99. The van der Waals surface area contributed by atoms with Crippen molar-refractivity contribution in [1.82, 2.24) is 10.3 Å². The highest BCUT2D eigenvalue weighted by molar-refractivity contribution is 5.86. The Morgan fingerprint density at radius 2 is 2.12 bits per heavy atom. The topological polar surface area (TPSA) is 42.0 Å². The van der Waals surface area contributed by atoms with E-state index in [0.29, 0.717) is 6.54 Å². The zero-order valence-electron chi connectivity index (χ0n) is 8.81. The maximum Gasteiger partial charge on any atom is 0.243 e. The van der Waals surface area contributed by atoms with Gasteiger partial charge in [0, 0.05) is 5.39 Å². The van der Waals surface area contributed by atoms with Crippen LogP contribution in [0, 0.1) is 0 Å². The van der Waals surface area contributed by atoms with Crippen LogP contribution < -0.4 is 5.32 Å². The van der Waals surface area contributed by atoms with Crippen molar-refractivity contribution in [2.24, 2.45) is 0 Å². The maximum atomic E-state index is 11.0. The number of carbonyl (C=O) groups excluding carboxylic acids is 1. The summed E-state index contributed by atoms with van der Waals surface area (Å²) in [6, 6.07) is 11.8. The Labute approximate surface area is 93.8 Å². The van der Waals surface area contributed by atoms with Crippen molar-refractivity contribution in [3.63, 3.8) is 0 Å². The normalized spacial score (nSPS) is 10.0. The van der Waals surface area contributed by atoms with Crippen LogP contribution in [-0.4, -0.2) is 10.9 Å². The molecule has 0 unspecified atom stereocenters. The van der Waals surface area contributed by atoms with Crippen molar-refractivity contribution in [2.75, 3.05) is 0 Å². The monoisotopic (exact) mass is 212 g/mol. The van der Waals surface area contributed by atoms with Crippen molar-refractivity contribution >= 4 is 16.8 Å². The van der Waals surface area contributed by atoms with Gasteiger partial charge in [0.2, 0.25) is 5.91 Å². The molecule has 0 bridgehead atoms. The summed E-state index contributed by atoms with van der Waals surface area (Å²) in [4.78, 5) is 15.4. The van der Waals surface area contributed by atoms with Gasteiger partial charge in [0.15, 0.2) is 0 Å². The Balaban J connectivity index is 2.19. The standard InChI is InChI=1S/C13H12N2O/c1-2-13(16)14-9-11-8-7-10-5-3-4-6-12(10)15-11/h2-8H,1,9H2,(H,14,16). The smallest absolute Gasteiger partial charge is 0.243 e. The highest BCUT2D eigenvalue weighted by atomic mass is 16.1. The van der Waals surface area contributed by atoms with E-state index in [0.717, 1.165) is 16.6 Å². The Bertz CT molecular complexity index is 534. The van der Waals surface area contributed by atoms with Gasteiger partial charge >= 0.3 is 0 Å². The Morgan fingerprint density at radius 1 is 1.31 bits per heavy atom. The summed E-state index contributed by atoms with van der Waals surface area (Å²) in [6.45, 7) is 3.82. The first-order valence-corrected chi connectivity index (χ1v) is 5.04. The molecule has 0 saturated heterocycles. The molecule has 2 rings (SSSR count). The second-order valence-corrected chi connectivity index (χ2v) is 3.42. The van der Waals surface area contributed by atoms with Crippen LogP contribution in [0.2, 0.25) is 0 Å². The molecule has 2 aromatic rings. The van der Waals surface area contributed by atoms with Crippen LogP contribution in [0.25, 0.3) is 10.9 Å². The molecular formula is C13H12N2O. The molecule has 1 aromatic heterocycles. The van der Waals surface area contributed by atoms with Gasteiger partial charge in [0.05, 0.1) is 17.8 Å². The van der Waals surface area contributed by atoms with Crippen molar-refractivity contribution in [1.29, 1.82) is 0 Å². The molecule has 1 N–H and O–H groups in total. The molecule has 3 nitrogen and oxygen atoms in total. The van der Waals surface area contributed by atoms with E-state index in [1.54, 1.807) is 0 Å². The lowest BCUT2D eigenvalue weighted by atomic mass is 10.2. The van der Waals surface area contributed by atoms with Crippen LogP contribution in [0.15, 0.2) is 49.1 Å². The van der Waals surface area contributed by atoms with Crippen LogP contribution in [-0.2, 0) is 11.3 Å². The van der Waals surface area contributed by atoms with Gasteiger partial charge in [-0.1, -0.05) is 30.8 Å². The zero-order chi connectivity index (χ0) is 11.4. The van der Waals surface area contributed by atoms with Crippen LogP contribution in [0.3, 0.4) is 0 Å². The molecule has 1 heterocycles. The van der Waals surface area contributed by atoms with E-state index in [2.05, 4.69) is 16.9 Å². The van der Waals surface area contributed by atoms with Crippen LogP contribution in [0.4, 0.5) is 0 Å². The lowest BCUT2D eigenvalue weighted by molar-refractivity contribution is -0.116. The van der Waals surface area contributed by atoms with Gasteiger partial charge < -0.3 is 5.32 Å². The van der Waals surface area contributed by atoms with Crippen molar-refractivity contribution < 1.29 is 4.79 Å². The zero-order valence-corrected chi connectivity index (χ0v) is 8.81. The third kappa shape index (κ3) is 2.25. The van der Waals surface area contributed by atoms with E-state index < -0.39 is 0 Å². The Hall–Kier alpha value is -2.16. The van der Waals surface area contributed by atoms with E-state index in [9.17, 15) is 4.79 Å². The first-order chi connectivity index (χ1) is 7.79. The fourth-order valence-corrected chi connectivity index (χ4v) is 1.46. The number of para-hydroxylation sites is 1. The highest BCUT2D eigenvalue weighted by Crippen LogP contribution is 2.11. The summed E-state index contributed by atoms with van der Waals surface area (Å²) in [6.07, 6.45) is 1.25. The van der Waals surface area contributed by atoms with Crippen LogP contribution in [0.5, 0.6) is 0 Å². The Morgan fingerprint density at radius 3 is 2.94 bits per heavy atom. The molecule has 0 radical (unpaired) electrons. The van der Waals surface area contributed by atoms with Crippen molar-refractivity contribution in [3.05, 3.63) is 54.7 Å². The second-order valence-electron chi connectivity index (χ2n) is 3.42. The fraction of sp³-hybridized carbons (Fsp3) is 0.0769. The predicted molar refractivity (Wildman–Crippen MR) is 63.8 cm³/mol. The molecule has 1 aromatic carbocycles. The number of fused-ring (bicyclic) bond motifs is 1. The van der Waals surface area contributed by atoms with Gasteiger partial charge in [-0.05, 0) is 18.2 Å². The molecule has 1 amide bonds. The third-order valence-electron chi connectivity index (χ3n) is 2.29. The minimum absolute atomic E-state index is 0.185. The number of rotatable bonds is 3. The minimum atomic E-state index is -0.185. The average molecular weight is 212 g/mol. The van der Waals surface area contributed by atoms with E-state index in [-0.39, 0.29) is 5.91 Å². The molecule has 0 aliphatic carbocycles. The number of benzene rings is 1. The molecule has 0 saturated carbocycles. The van der Waals surface area contributed by atoms with E-state index >= 15 is 0 Å². The summed E-state index contributed by atoms with van der Waals surface area (Å²) < 4.78 is 0. The number of nitrogens with one attached hydrogen (secondary N) is 1. The van der Waals surface area contributed by atoms with Crippen LogP contribution in [0.1, 0.15) is 5.69 Å². The number of nitrogens with zero attached hydrogens (tertiary/aromatic N) is 1. The minimum Gasteiger partial charge on any atom is -0.347 e. The van der Waals surface area contributed by atoms with Crippen molar-refractivity contribution in [2.45, 2.75) is 6.54 Å². The second kappa shape index (κ2) is 4.57. The summed E-state index contributed by atoms with van der Waals surface area (Å²) >= 11 is 0. The molecule has 0 atom stereocenters. The molecule has 0 aliphatic heterocycles. The molecule has 16 heavy (non-hydrogen) atoms. The van der Waals surface area contributed by atoms with Gasteiger partial charge in [-0.3, -0.25) is 9.78 Å². The number of aromatic nitrogens is 1. The quantitative estimate of drug-likeness (QED) is 0.791. The van der Waals surface area contributed by atoms with Crippen LogP contribution >= 0.6 is 0 Å². The fourth-order valence-electron chi connectivity index (χ4n) is 1.46. The SMILES string of the molecule is C=CC(=O)NCc1ccc2ccccc2n1. The number of hydrogen-bond acceptors (Lipinski definition) is 2. The third-order valence-corrected chi connectivity index (χ3v) is 2.29. The molecular weight excluding hydrogens is 200 g/mol.